The fourth-order valence-corrected chi connectivity index (χ4v) is 2.05. The zero-order valence-corrected chi connectivity index (χ0v) is 14.0. The largest absolute Gasteiger partial charge is 0.467 e. The number of amides is 1. The van der Waals surface area contributed by atoms with Crippen LogP contribution in [0.25, 0.3) is 0 Å². The second kappa shape index (κ2) is 7.29. The van der Waals surface area contributed by atoms with Crippen LogP contribution in [0.3, 0.4) is 0 Å². The van der Waals surface area contributed by atoms with Crippen molar-refractivity contribution >= 4 is 12.1 Å². The van der Waals surface area contributed by atoms with Crippen molar-refractivity contribution in [3.63, 3.8) is 0 Å². The van der Waals surface area contributed by atoms with Crippen molar-refractivity contribution in [1.29, 1.82) is 0 Å². The molecule has 0 unspecified atom stereocenters. The van der Waals surface area contributed by atoms with Crippen LogP contribution in [0.2, 0.25) is 0 Å². The zero-order valence-electron chi connectivity index (χ0n) is 14.0. The molecule has 22 heavy (non-hydrogen) atoms. The monoisotopic (exact) mass is 311 g/mol. The van der Waals surface area contributed by atoms with Gasteiger partial charge in [-0.25, -0.2) is 14.6 Å². The normalized spacial score (nSPS) is 12.9. The van der Waals surface area contributed by atoms with Gasteiger partial charge in [-0.05, 0) is 34.6 Å². The zero-order chi connectivity index (χ0) is 16.9. The Morgan fingerprint density at radius 1 is 1.36 bits per heavy atom. The Labute approximate surface area is 131 Å². The first kappa shape index (κ1) is 18.0. The molecule has 1 aromatic rings. The van der Waals surface area contributed by atoms with Crippen molar-refractivity contribution in [3.8, 4) is 0 Å². The maximum atomic E-state index is 12.5. The van der Waals surface area contributed by atoms with Gasteiger partial charge >= 0.3 is 12.1 Å². The van der Waals surface area contributed by atoms with Crippen LogP contribution in [-0.4, -0.2) is 51.7 Å². The predicted molar refractivity (Wildman–Crippen MR) is 81.3 cm³/mol. The lowest BCUT2D eigenvalue weighted by molar-refractivity contribution is -0.147. The number of rotatable bonds is 5. The van der Waals surface area contributed by atoms with Gasteiger partial charge in [0.15, 0.2) is 0 Å². The summed E-state index contributed by atoms with van der Waals surface area (Å²) in [6, 6.07) is -0.998. The Balaban J connectivity index is 3.04. The molecule has 1 amide bonds. The van der Waals surface area contributed by atoms with Gasteiger partial charge in [-0.2, -0.15) is 0 Å². The van der Waals surface area contributed by atoms with E-state index in [-0.39, 0.29) is 12.5 Å². The second-order valence-electron chi connectivity index (χ2n) is 6.30. The molecule has 0 fully saturated rings. The minimum atomic E-state index is -0.778. The molecule has 0 saturated heterocycles. The van der Waals surface area contributed by atoms with Gasteiger partial charge in [0.25, 0.3) is 0 Å². The fourth-order valence-electron chi connectivity index (χ4n) is 2.05. The van der Waals surface area contributed by atoms with Crippen LogP contribution >= 0.6 is 0 Å². The molecular weight excluding hydrogens is 286 g/mol. The molecule has 0 radical (unpaired) electrons. The molecule has 0 aliphatic carbocycles. The molecule has 1 N–H and O–H groups in total. The molecule has 1 atom stereocenters. The SMILES string of the molecule is COC(=O)[C@H](Cc1cnc[nH]1)N(C(=O)OC(C)(C)C)C(C)C. The van der Waals surface area contributed by atoms with Crippen molar-refractivity contribution in [2.45, 2.75) is 58.7 Å². The molecule has 0 aromatic carbocycles. The van der Waals surface area contributed by atoms with E-state index in [0.29, 0.717) is 0 Å². The first-order valence-corrected chi connectivity index (χ1v) is 7.22. The number of imidazole rings is 1. The highest BCUT2D eigenvalue weighted by Gasteiger charge is 2.35. The molecule has 0 spiro atoms. The minimum absolute atomic E-state index is 0.220. The Hall–Kier alpha value is -2.05. The summed E-state index contributed by atoms with van der Waals surface area (Å²) >= 11 is 0. The van der Waals surface area contributed by atoms with E-state index in [2.05, 4.69) is 9.97 Å². The molecule has 7 nitrogen and oxygen atoms in total. The van der Waals surface area contributed by atoms with Crippen LogP contribution in [0.5, 0.6) is 0 Å². The van der Waals surface area contributed by atoms with E-state index in [1.54, 1.807) is 27.0 Å². The molecule has 7 heteroatoms. The molecule has 1 aromatic heterocycles. The predicted octanol–water partition coefficient (Wildman–Crippen LogP) is 2.14. The Kier molecular flexibility index (Phi) is 5.96. The van der Waals surface area contributed by atoms with Crippen LogP contribution in [0.4, 0.5) is 4.79 Å². The van der Waals surface area contributed by atoms with Gasteiger partial charge in [-0.3, -0.25) is 4.90 Å². The summed E-state index contributed by atoms with van der Waals surface area (Å²) in [7, 11) is 1.30. The van der Waals surface area contributed by atoms with Crippen LogP contribution in [0.15, 0.2) is 12.5 Å². The third kappa shape index (κ3) is 5.05. The summed E-state index contributed by atoms with van der Waals surface area (Å²) in [5, 5.41) is 0. The van der Waals surface area contributed by atoms with Crippen molar-refractivity contribution in [1.82, 2.24) is 14.9 Å². The standard InChI is InChI=1S/C15H25N3O4/c1-10(2)18(14(20)22-15(3,4)5)12(13(19)21-6)7-11-8-16-9-17-11/h8-10,12H,7H2,1-6H3,(H,16,17)/t12-/m0/s1. The maximum absolute atomic E-state index is 12.5. The van der Waals surface area contributed by atoms with Crippen molar-refractivity contribution in [2.75, 3.05) is 7.11 Å². The second-order valence-corrected chi connectivity index (χ2v) is 6.30. The number of nitrogens with one attached hydrogen (secondary N) is 1. The van der Waals surface area contributed by atoms with Gasteiger partial charge in [0.1, 0.15) is 11.6 Å². The highest BCUT2D eigenvalue weighted by atomic mass is 16.6. The van der Waals surface area contributed by atoms with Crippen LogP contribution in [0.1, 0.15) is 40.3 Å². The Bertz CT molecular complexity index is 491. The molecule has 0 aliphatic rings. The van der Waals surface area contributed by atoms with Gasteiger partial charge in [0.2, 0.25) is 0 Å². The number of methoxy groups -OCH3 is 1. The van der Waals surface area contributed by atoms with E-state index in [9.17, 15) is 9.59 Å². The van der Waals surface area contributed by atoms with E-state index in [0.717, 1.165) is 5.69 Å². The summed E-state index contributed by atoms with van der Waals surface area (Å²) in [5.74, 6) is -0.492. The quantitative estimate of drug-likeness (QED) is 0.842. The number of esters is 1. The Morgan fingerprint density at radius 3 is 2.41 bits per heavy atom. The number of hydrogen-bond donors (Lipinski definition) is 1. The smallest absolute Gasteiger partial charge is 0.411 e. The summed E-state index contributed by atoms with van der Waals surface area (Å²) in [4.78, 5) is 32.9. The molecule has 0 saturated carbocycles. The van der Waals surface area contributed by atoms with E-state index in [1.807, 2.05) is 13.8 Å². The topological polar surface area (TPSA) is 84.5 Å². The fraction of sp³-hybridized carbons (Fsp3) is 0.667. The van der Waals surface area contributed by atoms with Crippen LogP contribution < -0.4 is 0 Å². The number of H-pyrrole nitrogens is 1. The third-order valence-corrected chi connectivity index (χ3v) is 2.94. The summed E-state index contributed by atoms with van der Waals surface area (Å²) < 4.78 is 10.3. The first-order chi connectivity index (χ1) is 10.2. The number of carbonyl (C=O) groups excluding carboxylic acids is 2. The van der Waals surface area contributed by atoms with Gasteiger partial charge in [-0.15, -0.1) is 0 Å². The molecule has 124 valence electrons. The lowest BCUT2D eigenvalue weighted by Gasteiger charge is -2.34. The van der Waals surface area contributed by atoms with Gasteiger partial charge in [-0.1, -0.05) is 0 Å². The third-order valence-electron chi connectivity index (χ3n) is 2.94. The highest BCUT2D eigenvalue weighted by Crippen LogP contribution is 2.18. The van der Waals surface area contributed by atoms with Gasteiger partial charge in [0, 0.05) is 24.4 Å². The van der Waals surface area contributed by atoms with Crippen LogP contribution in [0, 0.1) is 0 Å². The van der Waals surface area contributed by atoms with Crippen molar-refractivity contribution in [3.05, 3.63) is 18.2 Å². The summed E-state index contributed by atoms with van der Waals surface area (Å²) in [5.41, 5.74) is 0.100. The number of hydrogen-bond acceptors (Lipinski definition) is 5. The van der Waals surface area contributed by atoms with Crippen LogP contribution in [-0.2, 0) is 20.7 Å². The summed E-state index contributed by atoms with van der Waals surface area (Å²) in [6.45, 7) is 9.00. The first-order valence-electron chi connectivity index (χ1n) is 7.22. The molecule has 0 bridgehead atoms. The van der Waals surface area contributed by atoms with Crippen molar-refractivity contribution in [2.24, 2.45) is 0 Å². The van der Waals surface area contributed by atoms with Gasteiger partial charge < -0.3 is 14.5 Å². The molecule has 1 rings (SSSR count). The van der Waals surface area contributed by atoms with Crippen molar-refractivity contribution < 1.29 is 19.1 Å². The van der Waals surface area contributed by atoms with E-state index in [4.69, 9.17) is 9.47 Å². The number of aromatic nitrogens is 2. The van der Waals surface area contributed by atoms with E-state index >= 15 is 0 Å². The lowest BCUT2D eigenvalue weighted by Crippen LogP contribution is -2.52. The minimum Gasteiger partial charge on any atom is -0.467 e. The van der Waals surface area contributed by atoms with E-state index in [1.165, 1.54) is 18.3 Å². The molecule has 1 heterocycles. The average Bonchev–Trinajstić information content (AvgIpc) is 2.87. The lowest BCUT2D eigenvalue weighted by atomic mass is 10.1. The number of ether oxygens (including phenoxy) is 2. The van der Waals surface area contributed by atoms with E-state index < -0.39 is 23.7 Å². The summed E-state index contributed by atoms with van der Waals surface area (Å²) in [6.07, 6.45) is 2.88. The number of nitrogens with zero attached hydrogens (tertiary/aromatic N) is 2. The molecule has 0 aliphatic heterocycles. The highest BCUT2D eigenvalue weighted by molar-refractivity contribution is 5.82. The Morgan fingerprint density at radius 2 is 2.00 bits per heavy atom. The average molecular weight is 311 g/mol. The molecular formula is C15H25N3O4. The maximum Gasteiger partial charge on any atom is 0.411 e. The number of aromatic amines is 1. The number of carbonyl (C=O) groups is 2. The van der Waals surface area contributed by atoms with Gasteiger partial charge in [0.05, 0.1) is 13.4 Å².